The molecule has 0 heterocycles. The van der Waals surface area contributed by atoms with E-state index in [0.717, 1.165) is 5.56 Å². The fourth-order valence-corrected chi connectivity index (χ4v) is 2.90. The van der Waals surface area contributed by atoms with E-state index in [9.17, 15) is 19.7 Å². The van der Waals surface area contributed by atoms with Gasteiger partial charge in [0.15, 0.2) is 0 Å². The first kappa shape index (κ1) is 20.9. The average molecular weight is 385 g/mol. The number of rotatable bonds is 8. The van der Waals surface area contributed by atoms with Gasteiger partial charge in [-0.2, -0.15) is 0 Å². The number of hydrogen-bond acceptors (Lipinski definition) is 4. The molecule has 8 heteroatoms. The Morgan fingerprint density at radius 2 is 1.82 bits per heavy atom. The van der Waals surface area contributed by atoms with Gasteiger partial charge < -0.3 is 15.7 Å². The Labute approximate surface area is 162 Å². The van der Waals surface area contributed by atoms with Crippen LogP contribution in [0.25, 0.3) is 0 Å². The van der Waals surface area contributed by atoms with E-state index in [1.165, 1.54) is 6.07 Å². The Morgan fingerprint density at radius 3 is 2.43 bits per heavy atom. The number of carbonyl (C=O) groups excluding carboxylic acids is 1. The van der Waals surface area contributed by atoms with Crippen LogP contribution in [0.15, 0.2) is 42.5 Å². The monoisotopic (exact) mass is 385 g/mol. The standard InChI is InChI=1S/C20H23N3O5/c1-13-11-18(23(27)28)14(2)10-17(13)22-20(26)21-16(8-9-19(24)25)12-15-6-4-3-5-7-15/h3-7,10-11,16H,8-9,12H2,1-2H3,(H,24,25)(H2,21,22,26). The topological polar surface area (TPSA) is 122 Å². The lowest BCUT2D eigenvalue weighted by molar-refractivity contribution is -0.385. The fraction of sp³-hybridized carbons (Fsp3) is 0.300. The molecule has 0 aliphatic carbocycles. The third-order valence-electron chi connectivity index (χ3n) is 4.35. The van der Waals surface area contributed by atoms with Crippen LogP contribution in [-0.4, -0.2) is 28.1 Å². The van der Waals surface area contributed by atoms with E-state index in [1.54, 1.807) is 19.9 Å². The van der Waals surface area contributed by atoms with Gasteiger partial charge in [-0.1, -0.05) is 30.3 Å². The zero-order valence-electron chi connectivity index (χ0n) is 15.8. The van der Waals surface area contributed by atoms with Crippen LogP contribution in [0.2, 0.25) is 0 Å². The number of benzene rings is 2. The van der Waals surface area contributed by atoms with Crippen molar-refractivity contribution in [3.8, 4) is 0 Å². The summed E-state index contributed by atoms with van der Waals surface area (Å²) in [4.78, 5) is 33.9. The van der Waals surface area contributed by atoms with Crippen molar-refractivity contribution in [1.29, 1.82) is 0 Å². The van der Waals surface area contributed by atoms with E-state index >= 15 is 0 Å². The zero-order chi connectivity index (χ0) is 20.7. The van der Waals surface area contributed by atoms with Crippen LogP contribution in [-0.2, 0) is 11.2 Å². The molecule has 2 rings (SSSR count). The Bertz CT molecular complexity index is 868. The van der Waals surface area contributed by atoms with Crippen LogP contribution in [0.3, 0.4) is 0 Å². The van der Waals surface area contributed by atoms with Crippen molar-refractivity contribution in [3.63, 3.8) is 0 Å². The second-order valence-electron chi connectivity index (χ2n) is 6.63. The number of nitro groups is 1. The molecule has 0 saturated heterocycles. The summed E-state index contributed by atoms with van der Waals surface area (Å²) in [6.45, 7) is 3.28. The maximum absolute atomic E-state index is 12.4. The molecule has 0 aromatic heterocycles. The number of aryl methyl sites for hydroxylation is 2. The molecule has 0 bridgehead atoms. The lowest BCUT2D eigenvalue weighted by Crippen LogP contribution is -2.39. The van der Waals surface area contributed by atoms with E-state index in [1.807, 2.05) is 30.3 Å². The summed E-state index contributed by atoms with van der Waals surface area (Å²) in [5, 5.41) is 25.5. The van der Waals surface area contributed by atoms with Crippen LogP contribution < -0.4 is 10.6 Å². The van der Waals surface area contributed by atoms with Gasteiger partial charge in [0.25, 0.3) is 5.69 Å². The first-order valence-corrected chi connectivity index (χ1v) is 8.85. The number of carbonyl (C=O) groups is 2. The van der Waals surface area contributed by atoms with Gasteiger partial charge in [0, 0.05) is 29.8 Å². The highest BCUT2D eigenvalue weighted by molar-refractivity contribution is 5.90. The third-order valence-corrected chi connectivity index (χ3v) is 4.35. The molecule has 0 saturated carbocycles. The minimum absolute atomic E-state index is 0.00753. The predicted molar refractivity (Wildman–Crippen MR) is 106 cm³/mol. The molecule has 0 aliphatic rings. The molecule has 2 aromatic rings. The smallest absolute Gasteiger partial charge is 0.319 e. The number of carboxylic acids is 1. The summed E-state index contributed by atoms with van der Waals surface area (Å²) < 4.78 is 0. The van der Waals surface area contributed by atoms with Gasteiger partial charge in [-0.25, -0.2) is 4.79 Å². The van der Waals surface area contributed by atoms with Crippen LogP contribution >= 0.6 is 0 Å². The highest BCUT2D eigenvalue weighted by Crippen LogP contribution is 2.26. The Balaban J connectivity index is 2.09. The summed E-state index contributed by atoms with van der Waals surface area (Å²) in [5.74, 6) is -0.929. The number of amides is 2. The lowest BCUT2D eigenvalue weighted by atomic mass is 10.0. The molecule has 0 radical (unpaired) electrons. The van der Waals surface area contributed by atoms with Crippen molar-refractivity contribution in [3.05, 3.63) is 69.3 Å². The number of anilines is 1. The molecule has 3 N–H and O–H groups in total. The number of hydrogen-bond donors (Lipinski definition) is 3. The highest BCUT2D eigenvalue weighted by atomic mass is 16.6. The number of carboxylic acid groups (broad SMARTS) is 1. The SMILES string of the molecule is Cc1cc([N+](=O)[O-])c(C)cc1NC(=O)NC(CCC(=O)O)Cc1ccccc1. The predicted octanol–water partition coefficient (Wildman–Crippen LogP) is 3.81. The summed E-state index contributed by atoms with van der Waals surface area (Å²) in [6.07, 6.45) is 0.725. The van der Waals surface area contributed by atoms with Gasteiger partial charge in [0.1, 0.15) is 0 Å². The van der Waals surface area contributed by atoms with Crippen LogP contribution in [0.5, 0.6) is 0 Å². The van der Waals surface area contributed by atoms with E-state index in [-0.39, 0.29) is 24.6 Å². The number of nitrogens with one attached hydrogen (secondary N) is 2. The maximum atomic E-state index is 12.4. The molecular formula is C20H23N3O5. The van der Waals surface area contributed by atoms with Gasteiger partial charge >= 0.3 is 12.0 Å². The summed E-state index contributed by atoms with van der Waals surface area (Å²) >= 11 is 0. The van der Waals surface area contributed by atoms with Gasteiger partial charge in [0.05, 0.1) is 4.92 Å². The summed E-state index contributed by atoms with van der Waals surface area (Å²) in [7, 11) is 0. The molecule has 0 fully saturated rings. The van der Waals surface area contributed by atoms with Crippen molar-refractivity contribution in [2.45, 2.75) is 39.2 Å². The molecule has 2 amide bonds. The molecule has 1 atom stereocenters. The van der Waals surface area contributed by atoms with Gasteiger partial charge in [-0.15, -0.1) is 0 Å². The quantitative estimate of drug-likeness (QED) is 0.471. The van der Waals surface area contributed by atoms with Gasteiger partial charge in [-0.05, 0) is 43.9 Å². The van der Waals surface area contributed by atoms with Crippen LogP contribution in [0.4, 0.5) is 16.2 Å². The number of nitrogens with zero attached hydrogens (tertiary/aromatic N) is 1. The second kappa shape index (κ2) is 9.50. The highest BCUT2D eigenvalue weighted by Gasteiger charge is 2.17. The number of aliphatic carboxylic acids is 1. The normalized spacial score (nSPS) is 11.5. The largest absolute Gasteiger partial charge is 0.481 e. The Hall–Kier alpha value is -3.42. The first-order chi connectivity index (χ1) is 13.3. The fourth-order valence-electron chi connectivity index (χ4n) is 2.90. The molecule has 1 unspecified atom stereocenters. The molecule has 8 nitrogen and oxygen atoms in total. The maximum Gasteiger partial charge on any atom is 0.319 e. The molecule has 148 valence electrons. The van der Waals surface area contributed by atoms with Crippen LogP contribution in [0, 0.1) is 24.0 Å². The average Bonchev–Trinajstić information content (AvgIpc) is 2.63. The van der Waals surface area contributed by atoms with E-state index in [4.69, 9.17) is 5.11 Å². The second-order valence-corrected chi connectivity index (χ2v) is 6.63. The minimum atomic E-state index is -0.929. The van der Waals surface area contributed by atoms with Crippen molar-refractivity contribution in [2.24, 2.45) is 0 Å². The first-order valence-electron chi connectivity index (χ1n) is 8.85. The van der Waals surface area contributed by atoms with Crippen molar-refractivity contribution in [1.82, 2.24) is 5.32 Å². The van der Waals surface area contributed by atoms with E-state index in [0.29, 0.717) is 23.2 Å². The van der Waals surface area contributed by atoms with Crippen molar-refractivity contribution in [2.75, 3.05) is 5.32 Å². The van der Waals surface area contributed by atoms with Crippen LogP contribution in [0.1, 0.15) is 29.5 Å². The molecular weight excluding hydrogens is 362 g/mol. The zero-order valence-corrected chi connectivity index (χ0v) is 15.8. The summed E-state index contributed by atoms with van der Waals surface area (Å²) in [5.41, 5.74) is 2.46. The molecule has 0 spiro atoms. The molecule has 2 aromatic carbocycles. The van der Waals surface area contributed by atoms with Crippen molar-refractivity contribution < 1.29 is 19.6 Å². The third kappa shape index (κ3) is 6.08. The molecule has 28 heavy (non-hydrogen) atoms. The Kier molecular flexibility index (Phi) is 7.08. The Morgan fingerprint density at radius 1 is 1.14 bits per heavy atom. The van der Waals surface area contributed by atoms with E-state index < -0.39 is 16.9 Å². The lowest BCUT2D eigenvalue weighted by Gasteiger charge is -2.19. The molecule has 0 aliphatic heterocycles. The van der Waals surface area contributed by atoms with Crippen molar-refractivity contribution >= 4 is 23.4 Å². The summed E-state index contributed by atoms with van der Waals surface area (Å²) in [6, 6.07) is 11.6. The van der Waals surface area contributed by atoms with Gasteiger partial charge in [0.2, 0.25) is 0 Å². The minimum Gasteiger partial charge on any atom is -0.481 e. The van der Waals surface area contributed by atoms with E-state index in [2.05, 4.69) is 10.6 Å². The van der Waals surface area contributed by atoms with Gasteiger partial charge in [-0.3, -0.25) is 14.9 Å². The number of nitro benzene ring substituents is 1. The number of urea groups is 1.